The molecule has 2 amide bonds. The van der Waals surface area contributed by atoms with Crippen molar-refractivity contribution in [3.8, 4) is 0 Å². The zero-order chi connectivity index (χ0) is 25.2. The second-order valence-electron chi connectivity index (χ2n) is 9.51. The van der Waals surface area contributed by atoms with Gasteiger partial charge in [-0.3, -0.25) is 0 Å². The normalized spacial score (nSPS) is 25.2. The first-order valence-electron chi connectivity index (χ1n) is 12.6. The minimum absolute atomic E-state index is 0.127. The van der Waals surface area contributed by atoms with Gasteiger partial charge in [0.15, 0.2) is 0 Å². The van der Waals surface area contributed by atoms with Crippen molar-refractivity contribution in [3.05, 3.63) is 90.5 Å². The van der Waals surface area contributed by atoms with Crippen LogP contribution < -0.4 is 14.7 Å². The Morgan fingerprint density at radius 1 is 0.919 bits per heavy atom. The van der Waals surface area contributed by atoms with Crippen LogP contribution in [0.4, 0.5) is 11.4 Å². The fraction of sp³-hybridized carbons (Fsp3) is 0.310. The fourth-order valence-corrected chi connectivity index (χ4v) is 8.05. The monoisotopic (exact) mass is 563 g/mol. The molecule has 8 heteroatoms. The average molecular weight is 563 g/mol. The molecule has 0 radical (unpaired) electrons. The molecule has 3 aromatic rings. The number of nitrogens with one attached hydrogen (secondary N) is 1. The molecule has 37 heavy (non-hydrogen) atoms. The number of benzene rings is 3. The Balaban J connectivity index is 1.27. The second kappa shape index (κ2) is 10.3. The summed E-state index contributed by atoms with van der Waals surface area (Å²) in [6.07, 6.45) is -0.0189. The Hall–Kier alpha value is -3.16. The van der Waals surface area contributed by atoms with Crippen LogP contribution in [0.25, 0.3) is 0 Å². The van der Waals surface area contributed by atoms with Crippen LogP contribution in [0, 0.1) is 0 Å². The maximum absolute atomic E-state index is 14.2. The summed E-state index contributed by atoms with van der Waals surface area (Å²) in [5, 5.41) is 3.09. The number of fused-ring (bicyclic) bond motifs is 1. The summed E-state index contributed by atoms with van der Waals surface area (Å²) >= 11 is -0.394. The van der Waals surface area contributed by atoms with Crippen LogP contribution in [0.3, 0.4) is 0 Å². The molecule has 0 aromatic heterocycles. The summed E-state index contributed by atoms with van der Waals surface area (Å²) in [6, 6.07) is 27.4. The number of amides is 2. The number of morpholine rings is 1. The summed E-state index contributed by atoms with van der Waals surface area (Å²) in [6.45, 7) is 3.57. The van der Waals surface area contributed by atoms with E-state index in [0.29, 0.717) is 18.7 Å². The summed E-state index contributed by atoms with van der Waals surface area (Å²) in [5.41, 5.74) is 2.73. The number of rotatable bonds is 6. The minimum atomic E-state index is -1.14. The van der Waals surface area contributed by atoms with Crippen molar-refractivity contribution in [2.24, 2.45) is 0 Å². The molecule has 0 spiro atoms. The van der Waals surface area contributed by atoms with E-state index in [9.17, 15) is 9.59 Å². The third-order valence-electron chi connectivity index (χ3n) is 7.18. The van der Waals surface area contributed by atoms with E-state index in [1.807, 2.05) is 84.9 Å². The van der Waals surface area contributed by atoms with E-state index in [2.05, 4.69) is 10.2 Å². The Bertz CT molecular complexity index is 1250. The van der Waals surface area contributed by atoms with Crippen molar-refractivity contribution in [2.75, 3.05) is 43.1 Å². The second-order valence-corrected chi connectivity index (χ2v) is 12.4. The number of carbonyl (C=O) groups is 2. The number of ether oxygens (including phenoxy) is 2. The molecule has 3 atom stereocenters. The maximum atomic E-state index is 14.2. The van der Waals surface area contributed by atoms with Gasteiger partial charge >= 0.3 is 223 Å². The number of carbonyl (C=O) groups excluding carboxylic acids is 2. The van der Waals surface area contributed by atoms with Crippen LogP contribution in [-0.2, 0) is 19.1 Å². The Kier molecular flexibility index (Phi) is 6.74. The van der Waals surface area contributed by atoms with Gasteiger partial charge in [-0.15, -0.1) is 0 Å². The standard InChI is InChI=1S/C29H29N3O4Se/c33-27(30-22-11-13-23(14-12-22)31-15-17-35-18-16-31)29(37-25-9-5-2-6-10-25)19-24-20-36-26(32(24)28(29)34)21-7-3-1-4-8-21/h1-14,24,26H,15-20H2,(H,30,33)/t24-,26+,29?/m0/s1. The van der Waals surface area contributed by atoms with Crippen molar-refractivity contribution >= 4 is 42.6 Å². The van der Waals surface area contributed by atoms with Gasteiger partial charge in [-0.1, -0.05) is 0 Å². The Morgan fingerprint density at radius 2 is 1.59 bits per heavy atom. The van der Waals surface area contributed by atoms with Crippen LogP contribution in [0.15, 0.2) is 84.9 Å². The van der Waals surface area contributed by atoms with Crippen LogP contribution in [0.5, 0.6) is 0 Å². The van der Waals surface area contributed by atoms with E-state index in [4.69, 9.17) is 9.47 Å². The molecule has 0 saturated carbocycles. The van der Waals surface area contributed by atoms with E-state index in [-0.39, 0.29) is 17.9 Å². The van der Waals surface area contributed by atoms with Gasteiger partial charge in [0.25, 0.3) is 0 Å². The van der Waals surface area contributed by atoms with E-state index in [1.165, 1.54) is 0 Å². The van der Waals surface area contributed by atoms with Gasteiger partial charge in [0.2, 0.25) is 0 Å². The Morgan fingerprint density at radius 3 is 2.30 bits per heavy atom. The predicted octanol–water partition coefficient (Wildman–Crippen LogP) is 2.98. The van der Waals surface area contributed by atoms with Gasteiger partial charge in [0.1, 0.15) is 0 Å². The fourth-order valence-electron chi connectivity index (χ4n) is 5.31. The van der Waals surface area contributed by atoms with Gasteiger partial charge in [-0.05, 0) is 0 Å². The quantitative estimate of drug-likeness (QED) is 0.370. The summed E-state index contributed by atoms with van der Waals surface area (Å²) in [5.74, 6) is -0.378. The third kappa shape index (κ3) is 4.66. The molecule has 3 fully saturated rings. The number of nitrogens with zero attached hydrogens (tertiary/aromatic N) is 2. The van der Waals surface area contributed by atoms with Gasteiger partial charge in [-0.2, -0.15) is 0 Å². The summed E-state index contributed by atoms with van der Waals surface area (Å²) in [4.78, 5) is 32.3. The molecule has 1 unspecified atom stereocenters. The van der Waals surface area contributed by atoms with Crippen LogP contribution in [-0.4, -0.2) is 70.6 Å². The topological polar surface area (TPSA) is 71.1 Å². The molecule has 190 valence electrons. The van der Waals surface area contributed by atoms with E-state index in [0.717, 1.165) is 42.0 Å². The summed E-state index contributed by atoms with van der Waals surface area (Å²) < 4.78 is 11.4. The zero-order valence-electron chi connectivity index (χ0n) is 20.4. The Labute approximate surface area is 222 Å². The number of hydrogen-bond acceptors (Lipinski definition) is 5. The molecule has 0 aliphatic carbocycles. The van der Waals surface area contributed by atoms with Gasteiger partial charge < -0.3 is 0 Å². The average Bonchev–Trinajstić information content (AvgIpc) is 3.49. The van der Waals surface area contributed by atoms with Gasteiger partial charge in [0.05, 0.1) is 0 Å². The SMILES string of the molecule is O=C(Nc1ccc(N2CCOCC2)cc1)C1([Se]c2ccccc2)C[C@H]2CO[C@H](c3ccccc3)N2C1=O. The van der Waals surface area contributed by atoms with E-state index >= 15 is 0 Å². The van der Waals surface area contributed by atoms with Crippen LogP contribution in [0.2, 0.25) is 4.31 Å². The molecule has 0 bridgehead atoms. The predicted molar refractivity (Wildman–Crippen MR) is 143 cm³/mol. The molecule has 3 aromatic carbocycles. The first-order chi connectivity index (χ1) is 18.1. The van der Waals surface area contributed by atoms with Gasteiger partial charge in [-0.25, -0.2) is 0 Å². The first kappa shape index (κ1) is 24.2. The van der Waals surface area contributed by atoms with Crippen molar-refractivity contribution in [1.29, 1.82) is 0 Å². The van der Waals surface area contributed by atoms with Crippen molar-refractivity contribution < 1.29 is 19.1 Å². The van der Waals surface area contributed by atoms with Crippen LogP contribution >= 0.6 is 0 Å². The van der Waals surface area contributed by atoms with E-state index in [1.54, 1.807) is 4.90 Å². The number of anilines is 2. The molecule has 6 rings (SSSR count). The molecule has 3 saturated heterocycles. The van der Waals surface area contributed by atoms with Crippen molar-refractivity contribution in [1.82, 2.24) is 4.90 Å². The molecular weight excluding hydrogens is 533 g/mol. The first-order valence-corrected chi connectivity index (χ1v) is 14.3. The number of hydrogen-bond donors (Lipinski definition) is 1. The molecule has 1 N–H and O–H groups in total. The van der Waals surface area contributed by atoms with Crippen molar-refractivity contribution in [2.45, 2.75) is 23.0 Å². The van der Waals surface area contributed by atoms with Crippen LogP contribution in [0.1, 0.15) is 18.2 Å². The van der Waals surface area contributed by atoms with Crippen molar-refractivity contribution in [3.63, 3.8) is 0 Å². The summed E-state index contributed by atoms with van der Waals surface area (Å²) in [7, 11) is 0. The molecule has 3 aliphatic rings. The third-order valence-corrected chi connectivity index (χ3v) is 10.1. The van der Waals surface area contributed by atoms with E-state index < -0.39 is 25.5 Å². The molecule has 3 heterocycles. The zero-order valence-corrected chi connectivity index (χ0v) is 22.1. The molecule has 3 aliphatic heterocycles. The molecular formula is C29H29N3O4Se. The van der Waals surface area contributed by atoms with Gasteiger partial charge in [0, 0.05) is 0 Å². The molecule has 7 nitrogen and oxygen atoms in total.